The number of nitrogens with one attached hydrogen (secondary N) is 2. The Kier molecular flexibility index (Phi) is 6.14. The van der Waals surface area contributed by atoms with Gasteiger partial charge in [-0.05, 0) is 24.1 Å². The van der Waals surface area contributed by atoms with Gasteiger partial charge in [0.2, 0.25) is 5.91 Å². The minimum atomic E-state index is -0.578. The Morgan fingerprint density at radius 3 is 1.89 bits per heavy atom. The first kappa shape index (κ1) is 19.3. The van der Waals surface area contributed by atoms with Crippen molar-refractivity contribution in [1.82, 2.24) is 5.32 Å². The molecule has 0 aromatic heterocycles. The molecule has 0 spiro atoms. The third-order valence-electron chi connectivity index (χ3n) is 4.43. The molecular weight excluding hydrogens is 354 g/mol. The van der Waals surface area contributed by atoms with Crippen LogP contribution in [0.15, 0.2) is 84.9 Å². The van der Waals surface area contributed by atoms with E-state index >= 15 is 0 Å². The zero-order valence-electron chi connectivity index (χ0n) is 15.4. The van der Waals surface area contributed by atoms with Crippen LogP contribution < -0.4 is 10.6 Å². The van der Waals surface area contributed by atoms with Gasteiger partial charge in [0, 0.05) is 6.07 Å². The van der Waals surface area contributed by atoms with E-state index in [1.807, 2.05) is 60.7 Å². The number of carbonyl (C=O) groups excluding carboxylic acids is 1. The molecule has 0 unspecified atom stereocenters. The summed E-state index contributed by atoms with van der Waals surface area (Å²) < 4.78 is 0. The average Bonchev–Trinajstić information content (AvgIpc) is 2.73. The Morgan fingerprint density at radius 1 is 0.857 bits per heavy atom. The van der Waals surface area contributed by atoms with Gasteiger partial charge in [-0.3, -0.25) is 20.2 Å². The molecular formula is C22H21N3O3. The van der Waals surface area contributed by atoms with Crippen molar-refractivity contribution in [3.05, 3.63) is 106 Å². The molecule has 0 heterocycles. The molecule has 0 aliphatic heterocycles. The Balaban J connectivity index is 1.80. The fourth-order valence-corrected chi connectivity index (χ4v) is 2.98. The first-order valence-corrected chi connectivity index (χ1v) is 8.96. The molecule has 1 atom stereocenters. The van der Waals surface area contributed by atoms with Gasteiger partial charge in [-0.1, -0.05) is 72.8 Å². The van der Waals surface area contributed by atoms with Crippen molar-refractivity contribution in [1.29, 1.82) is 0 Å². The predicted molar refractivity (Wildman–Crippen MR) is 109 cm³/mol. The number of para-hydroxylation sites is 2. The Morgan fingerprint density at radius 2 is 1.36 bits per heavy atom. The molecule has 3 aromatic carbocycles. The molecule has 1 amide bonds. The van der Waals surface area contributed by atoms with Gasteiger partial charge in [0.05, 0.1) is 17.0 Å². The minimum Gasteiger partial charge on any atom is -0.319 e. The van der Waals surface area contributed by atoms with Gasteiger partial charge in [0.1, 0.15) is 5.69 Å². The van der Waals surface area contributed by atoms with Gasteiger partial charge in [-0.15, -0.1) is 0 Å². The van der Waals surface area contributed by atoms with Crippen LogP contribution in [0.5, 0.6) is 0 Å². The highest BCUT2D eigenvalue weighted by Gasteiger charge is 2.22. The van der Waals surface area contributed by atoms with Crippen LogP contribution in [0.1, 0.15) is 24.1 Å². The summed E-state index contributed by atoms with van der Waals surface area (Å²) in [5.74, 6) is -0.342. The number of benzene rings is 3. The highest BCUT2D eigenvalue weighted by Crippen LogP contribution is 2.25. The van der Waals surface area contributed by atoms with E-state index in [1.54, 1.807) is 19.1 Å². The summed E-state index contributed by atoms with van der Waals surface area (Å²) in [6.45, 7) is 1.74. The molecule has 28 heavy (non-hydrogen) atoms. The van der Waals surface area contributed by atoms with Gasteiger partial charge in [-0.25, -0.2) is 0 Å². The summed E-state index contributed by atoms with van der Waals surface area (Å²) in [5.41, 5.74) is 2.10. The summed E-state index contributed by atoms with van der Waals surface area (Å²) >= 11 is 0. The fraction of sp³-hybridized carbons (Fsp3) is 0.136. The molecule has 0 saturated carbocycles. The fourth-order valence-electron chi connectivity index (χ4n) is 2.98. The maximum absolute atomic E-state index is 12.7. The first-order valence-electron chi connectivity index (χ1n) is 8.96. The molecule has 142 valence electrons. The topological polar surface area (TPSA) is 84.3 Å². The van der Waals surface area contributed by atoms with Crippen LogP contribution >= 0.6 is 0 Å². The van der Waals surface area contributed by atoms with E-state index in [-0.39, 0.29) is 23.3 Å². The molecule has 0 aliphatic rings. The largest absolute Gasteiger partial charge is 0.319 e. The number of anilines is 1. The standard InChI is InChI=1S/C22H21N3O3/c1-16(22(26)24-19-14-8-9-15-20(19)25(27)28)23-21(17-10-4-2-5-11-17)18-12-6-3-7-13-18/h2-16,21,23H,1H3,(H,24,26)/t16-/m0/s1. The lowest BCUT2D eigenvalue weighted by atomic mass is 9.98. The highest BCUT2D eigenvalue weighted by molar-refractivity contribution is 5.96. The van der Waals surface area contributed by atoms with Crippen LogP contribution in [0.25, 0.3) is 0 Å². The van der Waals surface area contributed by atoms with Crippen molar-refractivity contribution in [3.63, 3.8) is 0 Å². The van der Waals surface area contributed by atoms with E-state index in [9.17, 15) is 14.9 Å². The van der Waals surface area contributed by atoms with Crippen molar-refractivity contribution in [2.75, 3.05) is 5.32 Å². The van der Waals surface area contributed by atoms with Crippen LogP contribution in [0.3, 0.4) is 0 Å². The molecule has 0 saturated heterocycles. The molecule has 2 N–H and O–H groups in total. The van der Waals surface area contributed by atoms with E-state index in [0.717, 1.165) is 11.1 Å². The number of hydrogen-bond acceptors (Lipinski definition) is 4. The second-order valence-electron chi connectivity index (χ2n) is 6.41. The normalized spacial score (nSPS) is 11.8. The molecule has 6 heteroatoms. The lowest BCUT2D eigenvalue weighted by molar-refractivity contribution is -0.383. The van der Waals surface area contributed by atoms with E-state index in [2.05, 4.69) is 10.6 Å². The number of nitro groups is 1. The maximum atomic E-state index is 12.7. The first-order chi connectivity index (χ1) is 13.6. The van der Waals surface area contributed by atoms with Crippen LogP contribution in [-0.4, -0.2) is 16.9 Å². The summed E-state index contributed by atoms with van der Waals surface area (Å²) in [7, 11) is 0. The predicted octanol–water partition coefficient (Wildman–Crippen LogP) is 4.30. The zero-order chi connectivity index (χ0) is 19.9. The number of carbonyl (C=O) groups is 1. The molecule has 3 rings (SSSR count). The van der Waals surface area contributed by atoms with Gasteiger partial charge in [0.25, 0.3) is 5.69 Å². The number of hydrogen-bond donors (Lipinski definition) is 2. The molecule has 3 aromatic rings. The number of nitro benzene ring substituents is 1. The van der Waals surface area contributed by atoms with Crippen molar-refractivity contribution in [2.24, 2.45) is 0 Å². The Labute approximate surface area is 163 Å². The smallest absolute Gasteiger partial charge is 0.292 e. The molecule has 0 bridgehead atoms. The minimum absolute atomic E-state index is 0.134. The van der Waals surface area contributed by atoms with E-state index < -0.39 is 11.0 Å². The highest BCUT2D eigenvalue weighted by atomic mass is 16.6. The third kappa shape index (κ3) is 4.61. The van der Waals surface area contributed by atoms with Crippen molar-refractivity contribution < 1.29 is 9.72 Å². The Bertz CT molecular complexity index is 906. The molecule has 0 fully saturated rings. The number of rotatable bonds is 7. The maximum Gasteiger partial charge on any atom is 0.292 e. The second-order valence-corrected chi connectivity index (χ2v) is 6.41. The van der Waals surface area contributed by atoms with E-state index in [1.165, 1.54) is 12.1 Å². The van der Waals surface area contributed by atoms with Crippen molar-refractivity contribution >= 4 is 17.3 Å². The van der Waals surface area contributed by atoms with Gasteiger partial charge < -0.3 is 5.32 Å². The van der Waals surface area contributed by atoms with Crippen LogP contribution in [0, 0.1) is 10.1 Å². The van der Waals surface area contributed by atoms with Gasteiger partial charge in [-0.2, -0.15) is 0 Å². The van der Waals surface area contributed by atoms with Crippen LogP contribution in [0.2, 0.25) is 0 Å². The second kappa shape index (κ2) is 8.92. The lowest BCUT2D eigenvalue weighted by Gasteiger charge is -2.24. The summed E-state index contributed by atoms with van der Waals surface area (Å²) in [6, 6.07) is 25.0. The third-order valence-corrected chi connectivity index (χ3v) is 4.43. The number of nitrogens with zero attached hydrogens (tertiary/aromatic N) is 1. The summed E-state index contributed by atoms with van der Waals surface area (Å²) in [4.78, 5) is 23.3. The molecule has 0 aliphatic carbocycles. The average molecular weight is 375 g/mol. The van der Waals surface area contributed by atoms with Gasteiger partial charge in [0.15, 0.2) is 0 Å². The molecule has 0 radical (unpaired) electrons. The zero-order valence-corrected chi connectivity index (χ0v) is 15.4. The van der Waals surface area contributed by atoms with Crippen LogP contribution in [-0.2, 0) is 4.79 Å². The van der Waals surface area contributed by atoms with Crippen molar-refractivity contribution in [2.45, 2.75) is 19.0 Å². The number of amides is 1. The van der Waals surface area contributed by atoms with E-state index in [4.69, 9.17) is 0 Å². The van der Waals surface area contributed by atoms with E-state index in [0.29, 0.717) is 0 Å². The van der Waals surface area contributed by atoms with Crippen LogP contribution in [0.4, 0.5) is 11.4 Å². The molecule has 6 nitrogen and oxygen atoms in total. The summed E-state index contributed by atoms with van der Waals surface area (Å²) in [6.07, 6.45) is 0. The SMILES string of the molecule is C[C@H](NC(c1ccccc1)c1ccccc1)C(=O)Nc1ccccc1[N+](=O)[O-]. The summed E-state index contributed by atoms with van der Waals surface area (Å²) in [5, 5.41) is 17.2. The van der Waals surface area contributed by atoms with Crippen molar-refractivity contribution in [3.8, 4) is 0 Å². The lowest BCUT2D eigenvalue weighted by Crippen LogP contribution is -2.40. The Hall–Kier alpha value is -3.51. The van der Waals surface area contributed by atoms with Gasteiger partial charge >= 0.3 is 0 Å². The monoisotopic (exact) mass is 375 g/mol. The quantitative estimate of drug-likeness (QED) is 0.476.